The predicted molar refractivity (Wildman–Crippen MR) is 106 cm³/mol. The molecule has 144 valence electrons. The molecule has 1 aliphatic heterocycles. The quantitative estimate of drug-likeness (QED) is 0.797. The summed E-state index contributed by atoms with van der Waals surface area (Å²) < 4.78 is 22.8. The lowest BCUT2D eigenvalue weighted by Gasteiger charge is -2.24. The number of nitrogens with one attached hydrogen (secondary N) is 1. The highest BCUT2D eigenvalue weighted by atomic mass is 32.2. The molecule has 2 aromatic rings. The van der Waals surface area contributed by atoms with Gasteiger partial charge in [-0.25, -0.2) is 13.6 Å². The van der Waals surface area contributed by atoms with Crippen molar-refractivity contribution in [3.8, 4) is 0 Å². The molecule has 7 heteroatoms. The lowest BCUT2D eigenvalue weighted by Crippen LogP contribution is -2.27. The highest BCUT2D eigenvalue weighted by Crippen LogP contribution is 2.32. The number of carbonyl (C=O) groups excluding carboxylic acids is 1. The fraction of sp³-hybridized carbons (Fsp3) is 0.350. The second kappa shape index (κ2) is 8.21. The van der Waals surface area contributed by atoms with Crippen LogP contribution in [0.5, 0.6) is 0 Å². The third-order valence-corrected chi connectivity index (χ3v) is 5.81. The van der Waals surface area contributed by atoms with Crippen molar-refractivity contribution < 1.29 is 13.2 Å². The summed E-state index contributed by atoms with van der Waals surface area (Å²) in [5.74, 6) is -0.142. The summed E-state index contributed by atoms with van der Waals surface area (Å²) in [5, 5.41) is 7.89. The van der Waals surface area contributed by atoms with Gasteiger partial charge in [0, 0.05) is 24.7 Å². The molecule has 0 bridgehead atoms. The van der Waals surface area contributed by atoms with Crippen LogP contribution >= 0.6 is 0 Å². The first-order valence-corrected chi connectivity index (χ1v) is 10.6. The van der Waals surface area contributed by atoms with Gasteiger partial charge in [0.25, 0.3) is 0 Å². The monoisotopic (exact) mass is 387 g/mol. The van der Waals surface area contributed by atoms with Crippen LogP contribution in [0.4, 0.5) is 5.69 Å². The van der Waals surface area contributed by atoms with E-state index >= 15 is 0 Å². The van der Waals surface area contributed by atoms with E-state index in [9.17, 15) is 13.2 Å². The number of aryl methyl sites for hydroxylation is 1. The number of amides is 1. The first-order chi connectivity index (χ1) is 12.8. The number of nitrogens with zero attached hydrogens (tertiary/aromatic N) is 1. The molecule has 0 aromatic heterocycles. The van der Waals surface area contributed by atoms with E-state index in [1.54, 1.807) is 12.1 Å². The van der Waals surface area contributed by atoms with Gasteiger partial charge in [-0.3, -0.25) is 9.69 Å². The molecular formula is C20H25N3O3S. The minimum Gasteiger partial charge on any atom is -0.326 e. The first-order valence-electron chi connectivity index (χ1n) is 9.06. The Hall–Kier alpha value is -2.22. The van der Waals surface area contributed by atoms with Crippen molar-refractivity contribution in [2.45, 2.75) is 37.1 Å². The molecule has 27 heavy (non-hydrogen) atoms. The molecule has 6 nitrogen and oxygen atoms in total. The minimum absolute atomic E-state index is 0.0146. The summed E-state index contributed by atoms with van der Waals surface area (Å²) in [6, 6.07) is 14.9. The van der Waals surface area contributed by atoms with Crippen LogP contribution in [-0.2, 0) is 14.8 Å². The van der Waals surface area contributed by atoms with E-state index in [4.69, 9.17) is 5.14 Å². The third-order valence-electron chi connectivity index (χ3n) is 4.90. The molecule has 1 aliphatic rings. The number of carbonyl (C=O) groups is 1. The SMILES string of the molecule is Cc1ccc(C2CCCN2CCC(=O)Nc2cccc(S(N)(=O)=O)c2)cc1. The van der Waals surface area contributed by atoms with Crippen LogP contribution < -0.4 is 10.5 Å². The van der Waals surface area contributed by atoms with Gasteiger partial charge in [-0.1, -0.05) is 35.9 Å². The Morgan fingerprint density at radius 2 is 1.96 bits per heavy atom. The Morgan fingerprint density at radius 3 is 2.67 bits per heavy atom. The van der Waals surface area contributed by atoms with Crippen molar-refractivity contribution in [3.63, 3.8) is 0 Å². The van der Waals surface area contributed by atoms with Crippen molar-refractivity contribution in [1.82, 2.24) is 4.90 Å². The molecule has 1 unspecified atom stereocenters. The van der Waals surface area contributed by atoms with Gasteiger partial charge in [0.2, 0.25) is 15.9 Å². The number of nitrogens with two attached hydrogens (primary N) is 1. The zero-order valence-electron chi connectivity index (χ0n) is 15.4. The summed E-state index contributed by atoms with van der Waals surface area (Å²) in [6.45, 7) is 3.72. The Labute approximate surface area is 160 Å². The van der Waals surface area contributed by atoms with Crippen LogP contribution in [0.1, 0.15) is 36.4 Å². The molecule has 0 saturated carbocycles. The molecule has 1 heterocycles. The van der Waals surface area contributed by atoms with Gasteiger partial charge >= 0.3 is 0 Å². The number of hydrogen-bond donors (Lipinski definition) is 2. The second-order valence-electron chi connectivity index (χ2n) is 6.98. The van der Waals surface area contributed by atoms with E-state index in [1.807, 2.05) is 0 Å². The average Bonchev–Trinajstić information content (AvgIpc) is 3.09. The topological polar surface area (TPSA) is 92.5 Å². The van der Waals surface area contributed by atoms with Gasteiger partial charge in [-0.2, -0.15) is 0 Å². The van der Waals surface area contributed by atoms with Crippen molar-refractivity contribution in [2.24, 2.45) is 5.14 Å². The van der Waals surface area contributed by atoms with Gasteiger partial charge in [-0.05, 0) is 50.1 Å². The molecule has 1 fully saturated rings. The normalized spacial score (nSPS) is 17.8. The molecule has 3 rings (SSSR count). The minimum atomic E-state index is -3.79. The largest absolute Gasteiger partial charge is 0.326 e. The average molecular weight is 388 g/mol. The zero-order chi connectivity index (χ0) is 19.4. The molecule has 0 spiro atoms. The van der Waals surface area contributed by atoms with Crippen molar-refractivity contribution in [1.29, 1.82) is 0 Å². The van der Waals surface area contributed by atoms with Crippen molar-refractivity contribution in [2.75, 3.05) is 18.4 Å². The van der Waals surface area contributed by atoms with Crippen LogP contribution in [0, 0.1) is 6.92 Å². The van der Waals surface area contributed by atoms with Crippen LogP contribution in [0.25, 0.3) is 0 Å². The molecular weight excluding hydrogens is 362 g/mol. The number of anilines is 1. The second-order valence-corrected chi connectivity index (χ2v) is 8.54. The Morgan fingerprint density at radius 1 is 1.22 bits per heavy atom. The number of benzene rings is 2. The van der Waals surface area contributed by atoms with Gasteiger partial charge in [-0.15, -0.1) is 0 Å². The van der Waals surface area contributed by atoms with Crippen molar-refractivity contribution in [3.05, 3.63) is 59.7 Å². The highest BCUT2D eigenvalue weighted by molar-refractivity contribution is 7.89. The lowest BCUT2D eigenvalue weighted by atomic mass is 10.0. The lowest BCUT2D eigenvalue weighted by molar-refractivity contribution is -0.116. The smallest absolute Gasteiger partial charge is 0.238 e. The van der Waals surface area contributed by atoms with Crippen LogP contribution in [0.2, 0.25) is 0 Å². The molecule has 3 N–H and O–H groups in total. The summed E-state index contributed by atoms with van der Waals surface area (Å²) in [6.07, 6.45) is 2.57. The maximum absolute atomic E-state index is 12.3. The summed E-state index contributed by atoms with van der Waals surface area (Å²) in [4.78, 5) is 14.6. The number of hydrogen-bond acceptors (Lipinski definition) is 4. The summed E-state index contributed by atoms with van der Waals surface area (Å²) >= 11 is 0. The number of rotatable bonds is 6. The molecule has 2 aromatic carbocycles. The van der Waals surface area contributed by atoms with E-state index < -0.39 is 10.0 Å². The van der Waals surface area contributed by atoms with Crippen molar-refractivity contribution >= 4 is 21.6 Å². The van der Waals surface area contributed by atoms with Crippen LogP contribution in [0.3, 0.4) is 0 Å². The predicted octanol–water partition coefficient (Wildman–Crippen LogP) is 2.81. The molecule has 1 atom stereocenters. The van der Waals surface area contributed by atoms with E-state index in [-0.39, 0.29) is 10.8 Å². The van der Waals surface area contributed by atoms with Gasteiger partial charge in [0.1, 0.15) is 0 Å². The number of likely N-dealkylation sites (tertiary alicyclic amines) is 1. The Bertz CT molecular complexity index is 910. The van der Waals surface area contributed by atoms with E-state index in [1.165, 1.54) is 23.3 Å². The Balaban J connectivity index is 1.58. The molecule has 0 aliphatic carbocycles. The summed E-state index contributed by atoms with van der Waals surface area (Å²) in [7, 11) is -3.79. The standard InChI is InChI=1S/C20H25N3O3S/c1-15-7-9-16(10-8-15)19-6-3-12-23(19)13-11-20(24)22-17-4-2-5-18(14-17)27(21,25)26/h2,4-5,7-10,14,19H,3,6,11-13H2,1H3,(H,22,24)(H2,21,25,26). The Kier molecular flexibility index (Phi) is 5.94. The molecule has 0 radical (unpaired) electrons. The van der Waals surface area contributed by atoms with Crippen LogP contribution in [-0.4, -0.2) is 32.3 Å². The van der Waals surface area contributed by atoms with E-state index in [0.29, 0.717) is 24.7 Å². The maximum Gasteiger partial charge on any atom is 0.238 e. The van der Waals surface area contributed by atoms with Crippen LogP contribution in [0.15, 0.2) is 53.4 Å². The highest BCUT2D eigenvalue weighted by Gasteiger charge is 2.26. The first kappa shape index (κ1) is 19.5. The maximum atomic E-state index is 12.3. The fourth-order valence-electron chi connectivity index (χ4n) is 3.48. The third kappa shape index (κ3) is 5.15. The number of sulfonamides is 1. The van der Waals surface area contributed by atoms with Gasteiger partial charge in [0.15, 0.2) is 0 Å². The van der Waals surface area contributed by atoms with E-state index in [2.05, 4.69) is 41.4 Å². The molecule has 1 saturated heterocycles. The van der Waals surface area contributed by atoms with Gasteiger partial charge in [0.05, 0.1) is 4.90 Å². The summed E-state index contributed by atoms with van der Waals surface area (Å²) in [5.41, 5.74) is 2.96. The number of primary sulfonamides is 1. The van der Waals surface area contributed by atoms with Gasteiger partial charge < -0.3 is 5.32 Å². The van der Waals surface area contributed by atoms with E-state index in [0.717, 1.165) is 19.4 Å². The zero-order valence-corrected chi connectivity index (χ0v) is 16.2. The molecule has 1 amide bonds. The fourth-order valence-corrected chi connectivity index (χ4v) is 4.04.